The molecular weight excluding hydrogens is 419 g/mol. The number of rotatable bonds is 7. The molecule has 5 heteroatoms. The highest BCUT2D eigenvalue weighted by molar-refractivity contribution is 7.46. The van der Waals surface area contributed by atoms with Crippen molar-refractivity contribution < 1.29 is 18.9 Å². The van der Waals surface area contributed by atoms with Gasteiger partial charge in [-0.25, -0.2) is 4.57 Å². The molecule has 0 aromatic heterocycles. The fraction of sp³-hybridized carbons (Fsp3) is 1.00. The van der Waals surface area contributed by atoms with Crippen LogP contribution in [0.5, 0.6) is 0 Å². The minimum atomic E-state index is -4.39. The van der Waals surface area contributed by atoms with Gasteiger partial charge in [0.2, 0.25) is 0 Å². The van der Waals surface area contributed by atoms with Crippen LogP contribution in [0.1, 0.15) is 112 Å². The van der Waals surface area contributed by atoms with Gasteiger partial charge in [0.1, 0.15) is 0 Å². The van der Waals surface area contributed by atoms with Crippen molar-refractivity contribution in [1.82, 2.24) is 0 Å². The molecule has 0 spiro atoms. The van der Waals surface area contributed by atoms with Crippen molar-refractivity contribution in [2.45, 2.75) is 118 Å². The molecule has 0 aromatic carbocycles. The molecule has 4 aliphatic rings. The Bertz CT molecular complexity index is 704. The first kappa shape index (κ1) is 25.2. The Morgan fingerprint density at radius 1 is 0.906 bits per heavy atom. The molecular formula is C27H49O4P. The lowest BCUT2D eigenvalue weighted by Crippen LogP contribution is -2.54. The molecule has 0 heterocycles. The lowest BCUT2D eigenvalue weighted by atomic mass is 9.44. The van der Waals surface area contributed by atoms with Gasteiger partial charge >= 0.3 is 7.82 Å². The van der Waals surface area contributed by atoms with Gasteiger partial charge in [-0.2, -0.15) is 0 Å². The highest BCUT2D eigenvalue weighted by Gasteiger charge is 2.60. The van der Waals surface area contributed by atoms with Crippen LogP contribution in [0.15, 0.2) is 0 Å². The molecule has 0 amide bonds. The second-order valence-corrected chi connectivity index (χ2v) is 14.4. The average molecular weight is 469 g/mol. The Hall–Kier alpha value is 0.110. The molecule has 0 unspecified atom stereocenters. The summed E-state index contributed by atoms with van der Waals surface area (Å²) < 4.78 is 16.5. The molecule has 0 saturated heterocycles. The summed E-state index contributed by atoms with van der Waals surface area (Å²) in [5.41, 5.74) is 0.863. The Morgan fingerprint density at radius 3 is 2.28 bits per heavy atom. The topological polar surface area (TPSA) is 66.8 Å². The van der Waals surface area contributed by atoms with Gasteiger partial charge in [0.25, 0.3) is 0 Å². The van der Waals surface area contributed by atoms with Gasteiger partial charge in [0.15, 0.2) is 0 Å². The van der Waals surface area contributed by atoms with Gasteiger partial charge in [0, 0.05) is 0 Å². The SMILES string of the molecule is CC(C)CCC[C@@H](C)[C@H]1CC[C@H]2[C@@H]3CC[C@@H]4C[C@@H](OP(=O)(O)O)CC[C@]4(C)[C@H]3CC[C@]12C. The molecule has 0 bridgehead atoms. The predicted molar refractivity (Wildman–Crippen MR) is 130 cm³/mol. The number of hydrogen-bond donors (Lipinski definition) is 2. The minimum Gasteiger partial charge on any atom is -0.303 e. The highest BCUT2D eigenvalue weighted by Crippen LogP contribution is 2.68. The maximum atomic E-state index is 11.4. The van der Waals surface area contributed by atoms with Gasteiger partial charge < -0.3 is 9.79 Å². The summed E-state index contributed by atoms with van der Waals surface area (Å²) in [5.74, 6) is 5.69. The Morgan fingerprint density at radius 2 is 1.59 bits per heavy atom. The minimum absolute atomic E-state index is 0.262. The molecule has 4 aliphatic carbocycles. The second-order valence-electron chi connectivity index (χ2n) is 13.2. The summed E-state index contributed by atoms with van der Waals surface area (Å²) in [6, 6.07) is 0. The summed E-state index contributed by atoms with van der Waals surface area (Å²) in [7, 11) is -4.39. The molecule has 0 aliphatic heterocycles. The van der Waals surface area contributed by atoms with Crippen LogP contribution in [0, 0.1) is 52.3 Å². The van der Waals surface area contributed by atoms with Crippen molar-refractivity contribution in [1.29, 1.82) is 0 Å². The summed E-state index contributed by atoms with van der Waals surface area (Å²) in [5, 5.41) is 0. The first-order chi connectivity index (χ1) is 14.9. The molecule has 0 aromatic rings. The van der Waals surface area contributed by atoms with Crippen LogP contribution in [0.25, 0.3) is 0 Å². The fourth-order valence-electron chi connectivity index (χ4n) is 9.53. The van der Waals surface area contributed by atoms with Crippen LogP contribution in [0.4, 0.5) is 0 Å². The van der Waals surface area contributed by atoms with E-state index in [1.54, 1.807) is 0 Å². The molecule has 2 N–H and O–H groups in total. The Balaban J connectivity index is 1.43. The first-order valence-electron chi connectivity index (χ1n) is 13.7. The summed E-state index contributed by atoms with van der Waals surface area (Å²) in [4.78, 5) is 18.6. The van der Waals surface area contributed by atoms with Crippen molar-refractivity contribution in [3.63, 3.8) is 0 Å². The molecule has 4 nitrogen and oxygen atoms in total. The van der Waals surface area contributed by atoms with Crippen LogP contribution >= 0.6 is 7.82 Å². The van der Waals surface area contributed by atoms with Gasteiger partial charge in [0.05, 0.1) is 6.10 Å². The van der Waals surface area contributed by atoms with Crippen molar-refractivity contribution in [2.75, 3.05) is 0 Å². The largest absolute Gasteiger partial charge is 0.469 e. The molecule has 4 saturated carbocycles. The number of phosphoric ester groups is 1. The maximum absolute atomic E-state index is 11.4. The zero-order valence-electron chi connectivity index (χ0n) is 21.3. The predicted octanol–water partition coefficient (Wildman–Crippen LogP) is 7.59. The van der Waals surface area contributed by atoms with Crippen LogP contribution < -0.4 is 0 Å². The Kier molecular flexibility index (Phi) is 7.32. The van der Waals surface area contributed by atoms with Crippen molar-refractivity contribution in [2.24, 2.45) is 52.3 Å². The van der Waals surface area contributed by atoms with Crippen LogP contribution in [-0.4, -0.2) is 15.9 Å². The lowest BCUT2D eigenvalue weighted by Gasteiger charge is -2.61. The van der Waals surface area contributed by atoms with E-state index < -0.39 is 7.82 Å². The fourth-order valence-corrected chi connectivity index (χ4v) is 10.1. The van der Waals surface area contributed by atoms with Gasteiger partial charge in [-0.05, 0) is 110 Å². The third kappa shape index (κ3) is 4.77. The third-order valence-corrected chi connectivity index (χ3v) is 11.7. The lowest BCUT2D eigenvalue weighted by molar-refractivity contribution is -0.128. The zero-order chi connectivity index (χ0) is 23.3. The van der Waals surface area contributed by atoms with Crippen LogP contribution in [0.2, 0.25) is 0 Å². The van der Waals surface area contributed by atoms with Gasteiger partial charge in [-0.15, -0.1) is 0 Å². The smallest absolute Gasteiger partial charge is 0.303 e. The van der Waals surface area contributed by atoms with Crippen molar-refractivity contribution >= 4 is 7.82 Å². The van der Waals surface area contributed by atoms with E-state index in [4.69, 9.17) is 4.52 Å². The summed E-state index contributed by atoms with van der Waals surface area (Å²) >= 11 is 0. The monoisotopic (exact) mass is 468 g/mol. The molecule has 0 radical (unpaired) electrons. The van der Waals surface area contributed by atoms with E-state index in [9.17, 15) is 14.4 Å². The molecule has 4 rings (SSSR count). The van der Waals surface area contributed by atoms with E-state index in [1.807, 2.05) is 0 Å². The van der Waals surface area contributed by atoms with Crippen molar-refractivity contribution in [3.8, 4) is 0 Å². The van der Waals surface area contributed by atoms with Gasteiger partial charge in [-0.1, -0.05) is 53.9 Å². The molecule has 32 heavy (non-hydrogen) atoms. The average Bonchev–Trinajstić information content (AvgIpc) is 3.04. The first-order valence-corrected chi connectivity index (χ1v) is 15.2. The number of phosphoric acid groups is 1. The van der Waals surface area contributed by atoms with E-state index in [0.29, 0.717) is 16.7 Å². The number of fused-ring (bicyclic) bond motifs is 5. The second kappa shape index (κ2) is 9.29. The van der Waals surface area contributed by atoms with E-state index in [1.165, 1.54) is 57.8 Å². The molecule has 186 valence electrons. The number of hydrogen-bond acceptors (Lipinski definition) is 2. The third-order valence-electron chi connectivity index (χ3n) is 11.1. The Labute approximate surface area is 196 Å². The standard InChI is InChI=1S/C27H49O4P/c1-18(2)7-6-8-19(3)23-11-12-24-22-10-9-20-17-21(31-32(28,29)30)13-15-26(20,4)25(22)14-16-27(23,24)5/h18-25H,6-17H2,1-5H3,(H2,28,29,30)/t19-,20-,21+,22+,23-,24+,25+,26+,27-/m1/s1. The summed E-state index contributed by atoms with van der Waals surface area (Å²) in [6.45, 7) is 12.4. The van der Waals surface area contributed by atoms with Crippen LogP contribution in [0.3, 0.4) is 0 Å². The van der Waals surface area contributed by atoms with Crippen LogP contribution in [-0.2, 0) is 9.09 Å². The highest BCUT2D eigenvalue weighted by atomic mass is 31.2. The maximum Gasteiger partial charge on any atom is 0.469 e. The molecule has 9 atom stereocenters. The quantitative estimate of drug-likeness (QED) is 0.378. The molecule has 4 fully saturated rings. The normalized spacial score (nSPS) is 45.2. The van der Waals surface area contributed by atoms with E-state index >= 15 is 0 Å². The van der Waals surface area contributed by atoms with E-state index in [2.05, 4.69) is 34.6 Å². The van der Waals surface area contributed by atoms with Gasteiger partial charge in [-0.3, -0.25) is 4.52 Å². The summed E-state index contributed by atoms with van der Waals surface area (Å²) in [6.07, 6.45) is 14.8. The van der Waals surface area contributed by atoms with Crippen molar-refractivity contribution in [3.05, 3.63) is 0 Å². The van der Waals surface area contributed by atoms with E-state index in [0.717, 1.165) is 54.8 Å². The van der Waals surface area contributed by atoms with E-state index in [-0.39, 0.29) is 6.10 Å². The zero-order valence-corrected chi connectivity index (χ0v) is 22.2.